The maximum absolute atomic E-state index is 13.0. The summed E-state index contributed by atoms with van der Waals surface area (Å²) >= 11 is 0. The minimum Gasteiger partial charge on any atom is -0.461 e. The molecule has 186 valence electrons. The number of imidazole rings is 1. The van der Waals surface area contributed by atoms with Crippen molar-refractivity contribution in [2.75, 3.05) is 6.61 Å². The number of benzene rings is 2. The molecule has 1 heterocycles. The Morgan fingerprint density at radius 2 is 1.89 bits per heavy atom. The van der Waals surface area contributed by atoms with Gasteiger partial charge in [0.1, 0.15) is 17.1 Å². The second-order valence-corrected chi connectivity index (χ2v) is 9.68. The molecule has 3 aromatic rings. The van der Waals surface area contributed by atoms with E-state index in [-0.39, 0.29) is 6.61 Å². The first-order valence-electron chi connectivity index (χ1n) is 12.6. The molecule has 0 saturated carbocycles. The van der Waals surface area contributed by atoms with Gasteiger partial charge >= 0.3 is 5.97 Å². The first-order valence-corrected chi connectivity index (χ1v) is 12.6. The molecular weight excluding hydrogens is 450 g/mol. The summed E-state index contributed by atoms with van der Waals surface area (Å²) in [5.41, 5.74) is 5.90. The maximum atomic E-state index is 13.0. The Morgan fingerprint density at radius 3 is 2.58 bits per heavy atom. The second kappa shape index (κ2) is 10.5. The summed E-state index contributed by atoms with van der Waals surface area (Å²) in [6.07, 6.45) is 4.91. The van der Waals surface area contributed by atoms with Gasteiger partial charge in [-0.15, -0.1) is 0 Å². The van der Waals surface area contributed by atoms with Crippen molar-refractivity contribution in [3.8, 4) is 6.07 Å². The monoisotopic (exact) mass is 483 g/mol. The van der Waals surface area contributed by atoms with E-state index >= 15 is 0 Å². The number of carbonyl (C=O) groups is 1. The molecule has 4 rings (SSSR count). The Labute approximate surface area is 212 Å². The molecule has 36 heavy (non-hydrogen) atoms. The zero-order valence-electron chi connectivity index (χ0n) is 21.5. The predicted octanol–water partition coefficient (Wildman–Crippen LogP) is 5.34. The van der Waals surface area contributed by atoms with Crippen LogP contribution in [0.15, 0.2) is 48.5 Å². The van der Waals surface area contributed by atoms with Crippen LogP contribution < -0.4 is 0 Å². The molecule has 0 aliphatic heterocycles. The normalized spacial score (nSPS) is 14.1. The Bertz CT molecular complexity index is 1350. The first-order chi connectivity index (χ1) is 17.3. The van der Waals surface area contributed by atoms with Gasteiger partial charge in [-0.1, -0.05) is 49.4 Å². The summed E-state index contributed by atoms with van der Waals surface area (Å²) < 4.78 is 7.27. The van der Waals surface area contributed by atoms with E-state index in [0.29, 0.717) is 24.4 Å². The molecule has 0 saturated heterocycles. The fourth-order valence-corrected chi connectivity index (χ4v) is 4.95. The van der Waals surface area contributed by atoms with E-state index in [9.17, 15) is 15.2 Å². The highest BCUT2D eigenvalue weighted by molar-refractivity contribution is 5.89. The van der Waals surface area contributed by atoms with Crippen molar-refractivity contribution in [3.05, 3.63) is 93.6 Å². The molecule has 0 atom stereocenters. The number of rotatable bonds is 7. The van der Waals surface area contributed by atoms with E-state index in [2.05, 4.69) is 37.3 Å². The molecule has 0 unspecified atom stereocenters. The Balaban J connectivity index is 1.80. The summed E-state index contributed by atoms with van der Waals surface area (Å²) in [6.45, 7) is 7.79. The number of esters is 1. The fraction of sp³-hybridized carbons (Fsp3) is 0.367. The van der Waals surface area contributed by atoms with Crippen LogP contribution in [0.1, 0.15) is 83.9 Å². The van der Waals surface area contributed by atoms with E-state index in [1.807, 2.05) is 22.8 Å². The summed E-state index contributed by atoms with van der Waals surface area (Å²) in [5.74, 6) is 0.277. The van der Waals surface area contributed by atoms with Gasteiger partial charge in [-0.3, -0.25) is 0 Å². The van der Waals surface area contributed by atoms with Crippen LogP contribution in [-0.4, -0.2) is 27.2 Å². The van der Waals surface area contributed by atoms with Gasteiger partial charge in [0, 0.05) is 19.0 Å². The van der Waals surface area contributed by atoms with Crippen LogP contribution in [-0.2, 0) is 36.1 Å². The zero-order valence-corrected chi connectivity index (χ0v) is 21.5. The van der Waals surface area contributed by atoms with Crippen LogP contribution in [0.25, 0.3) is 5.57 Å². The number of allylic oxidation sites excluding steroid dienone is 1. The van der Waals surface area contributed by atoms with E-state index in [4.69, 9.17) is 9.72 Å². The molecule has 0 spiro atoms. The van der Waals surface area contributed by atoms with Crippen molar-refractivity contribution in [2.24, 2.45) is 0 Å². The average molecular weight is 484 g/mol. The molecular formula is C30H33N3O3. The average Bonchev–Trinajstić information content (AvgIpc) is 3.13. The molecule has 1 aliphatic rings. The number of fused-ring (bicyclic) bond motifs is 2. The number of nitrogens with zero attached hydrogens (tertiary/aromatic N) is 3. The Hall–Kier alpha value is -3.69. The van der Waals surface area contributed by atoms with E-state index < -0.39 is 11.6 Å². The van der Waals surface area contributed by atoms with Crippen LogP contribution in [0.5, 0.6) is 0 Å². The molecule has 6 nitrogen and oxygen atoms in total. The highest BCUT2D eigenvalue weighted by atomic mass is 16.5. The zero-order chi connectivity index (χ0) is 25.9. The Kier molecular flexibility index (Phi) is 7.42. The van der Waals surface area contributed by atoms with Crippen molar-refractivity contribution >= 4 is 11.5 Å². The van der Waals surface area contributed by atoms with Gasteiger partial charge in [-0.2, -0.15) is 5.26 Å². The van der Waals surface area contributed by atoms with Crippen molar-refractivity contribution in [3.63, 3.8) is 0 Å². The van der Waals surface area contributed by atoms with Gasteiger partial charge in [0.05, 0.1) is 12.7 Å². The molecule has 0 fully saturated rings. The molecule has 0 radical (unpaired) electrons. The van der Waals surface area contributed by atoms with Crippen LogP contribution >= 0.6 is 0 Å². The maximum Gasteiger partial charge on any atom is 0.357 e. The molecule has 1 N–H and O–H groups in total. The lowest BCUT2D eigenvalue weighted by atomic mass is 9.93. The lowest BCUT2D eigenvalue weighted by Gasteiger charge is -2.18. The van der Waals surface area contributed by atoms with E-state index in [1.54, 1.807) is 26.8 Å². The minimum atomic E-state index is -1.29. The SMILES string of the molecule is CCCc1nc(C(C)(C)O)c(C(=O)OCC)n1Cc1ccc2c(c1)CCc1ccccc1/C2=C\C#N. The third-order valence-corrected chi connectivity index (χ3v) is 6.55. The quantitative estimate of drug-likeness (QED) is 0.362. The van der Waals surface area contributed by atoms with E-state index in [0.717, 1.165) is 47.4 Å². The van der Waals surface area contributed by atoms with Gasteiger partial charge in [-0.25, -0.2) is 9.78 Å². The van der Waals surface area contributed by atoms with Crippen molar-refractivity contribution in [2.45, 2.75) is 65.5 Å². The molecule has 1 aromatic heterocycles. The first kappa shape index (κ1) is 25.4. The van der Waals surface area contributed by atoms with Gasteiger partial charge in [0.15, 0.2) is 5.69 Å². The van der Waals surface area contributed by atoms with E-state index in [1.165, 1.54) is 11.1 Å². The second-order valence-electron chi connectivity index (χ2n) is 9.68. The summed E-state index contributed by atoms with van der Waals surface area (Å²) in [4.78, 5) is 17.7. The van der Waals surface area contributed by atoms with Crippen LogP contribution in [0.2, 0.25) is 0 Å². The molecule has 6 heteroatoms. The third kappa shape index (κ3) is 4.98. The fourth-order valence-electron chi connectivity index (χ4n) is 4.95. The van der Waals surface area contributed by atoms with Crippen LogP contribution in [0.3, 0.4) is 0 Å². The molecule has 1 aliphatic carbocycles. The molecule has 0 amide bonds. The van der Waals surface area contributed by atoms with Gasteiger partial charge in [-0.05, 0) is 73.4 Å². The number of aromatic nitrogens is 2. The van der Waals surface area contributed by atoms with Gasteiger partial charge < -0.3 is 14.4 Å². The third-order valence-electron chi connectivity index (χ3n) is 6.55. The lowest BCUT2D eigenvalue weighted by Crippen LogP contribution is -2.23. The number of ether oxygens (including phenoxy) is 1. The number of aryl methyl sites for hydroxylation is 3. The highest BCUT2D eigenvalue weighted by Gasteiger charge is 2.32. The molecule has 0 bridgehead atoms. The molecule has 2 aromatic carbocycles. The van der Waals surface area contributed by atoms with Gasteiger partial charge in [0.2, 0.25) is 0 Å². The largest absolute Gasteiger partial charge is 0.461 e. The number of hydrogen-bond donors (Lipinski definition) is 1. The van der Waals surface area contributed by atoms with Crippen molar-refractivity contribution in [1.82, 2.24) is 9.55 Å². The van der Waals surface area contributed by atoms with Crippen molar-refractivity contribution in [1.29, 1.82) is 5.26 Å². The summed E-state index contributed by atoms with van der Waals surface area (Å²) in [6, 6.07) is 16.8. The minimum absolute atomic E-state index is 0.242. The summed E-state index contributed by atoms with van der Waals surface area (Å²) in [5, 5.41) is 20.3. The number of carbonyl (C=O) groups excluding carboxylic acids is 1. The van der Waals surface area contributed by atoms with Crippen LogP contribution in [0, 0.1) is 11.3 Å². The predicted molar refractivity (Wildman–Crippen MR) is 140 cm³/mol. The Morgan fingerprint density at radius 1 is 1.17 bits per heavy atom. The van der Waals surface area contributed by atoms with Gasteiger partial charge in [0.25, 0.3) is 0 Å². The standard InChI is InChI=1S/C30H33N3O3/c1-5-9-26-32-28(30(3,4)35)27(29(34)36-6-2)33(26)19-20-12-15-24-22(18-20)14-13-21-10-7-8-11-23(21)25(24)16-17-31/h7-8,10-12,15-16,18,35H,5-6,9,13-14,19H2,1-4H3/b25-16+. The number of hydrogen-bond acceptors (Lipinski definition) is 5. The lowest BCUT2D eigenvalue weighted by molar-refractivity contribution is 0.0469. The van der Waals surface area contributed by atoms with Crippen molar-refractivity contribution < 1.29 is 14.6 Å². The number of nitriles is 1. The highest BCUT2D eigenvalue weighted by Crippen LogP contribution is 2.34. The van der Waals surface area contributed by atoms with Crippen LogP contribution in [0.4, 0.5) is 0 Å². The number of aliphatic hydroxyl groups is 1. The smallest absolute Gasteiger partial charge is 0.357 e. The summed E-state index contributed by atoms with van der Waals surface area (Å²) in [7, 11) is 0. The topological polar surface area (TPSA) is 88.1 Å².